The number of hydrogen-bond acceptors (Lipinski definition) is 4. The maximum Gasteiger partial charge on any atom is 0.407 e. The third-order valence-corrected chi connectivity index (χ3v) is 8.39. The van der Waals surface area contributed by atoms with E-state index in [-0.39, 0.29) is 18.9 Å². The third-order valence-electron chi connectivity index (χ3n) is 5.02. The molecule has 5 nitrogen and oxygen atoms in total. The molecule has 0 unspecified atom stereocenters. The molecule has 0 radical (unpaired) electrons. The van der Waals surface area contributed by atoms with Crippen molar-refractivity contribution in [2.24, 2.45) is 0 Å². The van der Waals surface area contributed by atoms with E-state index >= 15 is 0 Å². The Kier molecular flexibility index (Phi) is 6.26. The SMILES string of the molecule is O=C(O)C[C@@H](NC(=O)OCC1c2ccccc2-c2ccccc21)c1cc(Br)c(Br)s1. The Morgan fingerprint density at radius 1 is 1.07 bits per heavy atom. The number of carboxylic acids is 1. The van der Waals surface area contributed by atoms with Gasteiger partial charge in [0.05, 0.1) is 16.2 Å². The van der Waals surface area contributed by atoms with Crippen molar-refractivity contribution in [2.45, 2.75) is 18.4 Å². The molecule has 0 saturated heterocycles. The van der Waals surface area contributed by atoms with Gasteiger partial charge >= 0.3 is 12.1 Å². The van der Waals surface area contributed by atoms with E-state index in [1.54, 1.807) is 6.07 Å². The highest BCUT2D eigenvalue weighted by atomic mass is 79.9. The second kappa shape index (κ2) is 8.91. The van der Waals surface area contributed by atoms with Gasteiger partial charge in [0.25, 0.3) is 0 Å². The van der Waals surface area contributed by atoms with Crippen LogP contribution < -0.4 is 5.32 Å². The van der Waals surface area contributed by atoms with Gasteiger partial charge in [-0.2, -0.15) is 0 Å². The number of ether oxygens (including phenoxy) is 1. The van der Waals surface area contributed by atoms with Gasteiger partial charge in [0.1, 0.15) is 6.61 Å². The zero-order chi connectivity index (χ0) is 21.3. The van der Waals surface area contributed by atoms with Gasteiger partial charge < -0.3 is 15.2 Å². The first kappa shape index (κ1) is 21.1. The van der Waals surface area contributed by atoms with Gasteiger partial charge in [0.15, 0.2) is 0 Å². The number of carbonyl (C=O) groups is 2. The molecule has 4 rings (SSSR count). The molecular formula is C22H17Br2NO4S. The normalized spacial score (nSPS) is 13.4. The van der Waals surface area contributed by atoms with Gasteiger partial charge in [-0.1, -0.05) is 48.5 Å². The lowest BCUT2D eigenvalue weighted by atomic mass is 9.98. The molecule has 0 saturated carbocycles. The molecule has 0 aliphatic heterocycles. The average Bonchev–Trinajstić information content (AvgIpc) is 3.23. The summed E-state index contributed by atoms with van der Waals surface area (Å²) in [6.45, 7) is 0.178. The first-order valence-electron chi connectivity index (χ1n) is 9.22. The molecule has 3 aromatic rings. The molecule has 2 N–H and O–H groups in total. The highest BCUT2D eigenvalue weighted by Gasteiger charge is 2.29. The van der Waals surface area contributed by atoms with Gasteiger partial charge in [-0.05, 0) is 60.2 Å². The van der Waals surface area contributed by atoms with Crippen LogP contribution in [0.1, 0.15) is 34.4 Å². The maximum absolute atomic E-state index is 12.5. The van der Waals surface area contributed by atoms with Crippen LogP contribution in [-0.2, 0) is 9.53 Å². The Labute approximate surface area is 194 Å². The van der Waals surface area contributed by atoms with E-state index in [4.69, 9.17) is 4.74 Å². The molecule has 154 valence electrons. The number of fused-ring (bicyclic) bond motifs is 3. The topological polar surface area (TPSA) is 75.6 Å². The van der Waals surface area contributed by atoms with E-state index in [0.29, 0.717) is 0 Å². The number of carboxylic acid groups (broad SMARTS) is 1. The van der Waals surface area contributed by atoms with Crippen LogP contribution in [0.3, 0.4) is 0 Å². The van der Waals surface area contributed by atoms with E-state index in [9.17, 15) is 14.7 Å². The third kappa shape index (κ3) is 4.31. The Morgan fingerprint density at radius 3 is 2.20 bits per heavy atom. The Hall–Kier alpha value is -2.16. The summed E-state index contributed by atoms with van der Waals surface area (Å²) >= 11 is 8.17. The van der Waals surface area contributed by atoms with Gasteiger partial charge in [0.2, 0.25) is 0 Å². The summed E-state index contributed by atoms with van der Waals surface area (Å²) in [5.74, 6) is -1.05. The lowest BCUT2D eigenvalue weighted by Crippen LogP contribution is -2.31. The van der Waals surface area contributed by atoms with Gasteiger partial charge in [-0.3, -0.25) is 4.79 Å². The number of amides is 1. The predicted molar refractivity (Wildman–Crippen MR) is 123 cm³/mol. The van der Waals surface area contributed by atoms with Crippen LogP contribution in [0.4, 0.5) is 4.79 Å². The van der Waals surface area contributed by atoms with Crippen molar-refractivity contribution in [3.63, 3.8) is 0 Å². The minimum absolute atomic E-state index is 0.0499. The maximum atomic E-state index is 12.5. The first-order valence-corrected chi connectivity index (χ1v) is 11.6. The second-order valence-corrected chi connectivity index (χ2v) is 10.1. The van der Waals surface area contributed by atoms with Crippen molar-refractivity contribution in [1.82, 2.24) is 5.32 Å². The second-order valence-electron chi connectivity index (χ2n) is 6.89. The molecule has 0 spiro atoms. The number of rotatable bonds is 6. The van der Waals surface area contributed by atoms with Crippen molar-refractivity contribution in [3.05, 3.63) is 78.9 Å². The summed E-state index contributed by atoms with van der Waals surface area (Å²) in [5, 5.41) is 11.9. The van der Waals surface area contributed by atoms with Crippen LogP contribution in [0, 0.1) is 0 Å². The quantitative estimate of drug-likeness (QED) is 0.376. The largest absolute Gasteiger partial charge is 0.481 e. The fourth-order valence-corrected chi connectivity index (χ4v) is 5.86. The van der Waals surface area contributed by atoms with Crippen LogP contribution in [-0.4, -0.2) is 23.8 Å². The fraction of sp³-hybridized carbons (Fsp3) is 0.182. The molecule has 0 fully saturated rings. The summed E-state index contributed by atoms with van der Waals surface area (Å²) < 4.78 is 7.20. The molecule has 0 bridgehead atoms. The van der Waals surface area contributed by atoms with Crippen LogP contribution in [0.25, 0.3) is 11.1 Å². The predicted octanol–water partition coefficient (Wildman–Crippen LogP) is 6.33. The molecule has 1 heterocycles. The smallest absolute Gasteiger partial charge is 0.407 e. The molecule has 1 aromatic heterocycles. The van der Waals surface area contributed by atoms with Crippen LogP contribution in [0.5, 0.6) is 0 Å². The summed E-state index contributed by atoms with van der Waals surface area (Å²) in [5.41, 5.74) is 4.55. The van der Waals surface area contributed by atoms with Gasteiger partial charge in [-0.25, -0.2) is 4.79 Å². The van der Waals surface area contributed by atoms with E-state index in [0.717, 1.165) is 35.4 Å². The molecule has 8 heteroatoms. The molecule has 1 aliphatic rings. The molecule has 1 atom stereocenters. The number of benzene rings is 2. The summed E-state index contributed by atoms with van der Waals surface area (Å²) in [4.78, 5) is 24.5. The number of hydrogen-bond donors (Lipinski definition) is 2. The summed E-state index contributed by atoms with van der Waals surface area (Å²) in [6.07, 6.45) is -0.868. The Balaban J connectivity index is 1.48. The minimum Gasteiger partial charge on any atom is -0.481 e. The average molecular weight is 551 g/mol. The number of alkyl carbamates (subject to hydrolysis) is 1. The van der Waals surface area contributed by atoms with E-state index in [1.165, 1.54) is 11.3 Å². The van der Waals surface area contributed by atoms with Crippen molar-refractivity contribution in [1.29, 1.82) is 0 Å². The highest BCUT2D eigenvalue weighted by molar-refractivity contribution is 9.13. The van der Waals surface area contributed by atoms with Crippen molar-refractivity contribution in [2.75, 3.05) is 6.61 Å². The highest BCUT2D eigenvalue weighted by Crippen LogP contribution is 2.44. The number of thiophene rings is 1. The van der Waals surface area contributed by atoms with Gasteiger partial charge in [0, 0.05) is 15.3 Å². The summed E-state index contributed by atoms with van der Waals surface area (Å²) in [7, 11) is 0. The molecule has 2 aromatic carbocycles. The Morgan fingerprint density at radius 2 is 1.67 bits per heavy atom. The number of carbonyl (C=O) groups excluding carboxylic acids is 1. The van der Waals surface area contributed by atoms with Crippen molar-refractivity contribution < 1.29 is 19.4 Å². The summed E-state index contributed by atoms with van der Waals surface area (Å²) in [6, 6.07) is 17.3. The Bertz CT molecular complexity index is 1050. The van der Waals surface area contributed by atoms with Crippen molar-refractivity contribution >= 4 is 55.3 Å². The van der Waals surface area contributed by atoms with Crippen LogP contribution in [0.15, 0.2) is 62.9 Å². The first-order chi connectivity index (χ1) is 14.4. The number of halogens is 2. The molecular weight excluding hydrogens is 534 g/mol. The minimum atomic E-state index is -1.00. The van der Waals surface area contributed by atoms with Gasteiger partial charge in [-0.15, -0.1) is 11.3 Å². The fourth-order valence-electron chi connectivity index (χ4n) is 3.71. The number of nitrogens with one attached hydrogen (secondary N) is 1. The van der Waals surface area contributed by atoms with E-state index in [1.807, 2.05) is 24.3 Å². The zero-order valence-electron chi connectivity index (χ0n) is 15.6. The molecule has 30 heavy (non-hydrogen) atoms. The standard InChI is InChI=1S/C22H17Br2NO4S/c23-17-9-19(30-21(17)24)18(10-20(26)27)25-22(28)29-11-16-14-7-3-1-5-12(14)13-6-2-4-8-15(13)16/h1-9,16,18H,10-11H2,(H,25,28)(H,26,27)/t18-/m1/s1. The van der Waals surface area contributed by atoms with Crippen molar-refractivity contribution in [3.8, 4) is 11.1 Å². The zero-order valence-corrected chi connectivity index (χ0v) is 19.6. The molecule has 1 amide bonds. The van der Waals surface area contributed by atoms with Crippen LogP contribution >= 0.6 is 43.2 Å². The monoisotopic (exact) mass is 549 g/mol. The number of aliphatic carboxylic acids is 1. The lowest BCUT2D eigenvalue weighted by molar-refractivity contribution is -0.137. The van der Waals surface area contributed by atoms with Crippen LogP contribution in [0.2, 0.25) is 0 Å². The van der Waals surface area contributed by atoms with E-state index < -0.39 is 18.1 Å². The van der Waals surface area contributed by atoms with E-state index in [2.05, 4.69) is 61.4 Å². The molecule has 1 aliphatic carbocycles. The lowest BCUT2D eigenvalue weighted by Gasteiger charge is -2.18.